The van der Waals surface area contributed by atoms with E-state index in [-0.39, 0.29) is 5.56 Å². The molecular formula is C19H23N3O2. The van der Waals surface area contributed by atoms with Gasteiger partial charge in [0.15, 0.2) is 0 Å². The van der Waals surface area contributed by atoms with Gasteiger partial charge in [0, 0.05) is 30.6 Å². The maximum Gasteiger partial charge on any atom is 0.254 e. The lowest BCUT2D eigenvalue weighted by Crippen LogP contribution is -2.36. The van der Waals surface area contributed by atoms with Crippen molar-refractivity contribution in [1.82, 2.24) is 14.9 Å². The molecular weight excluding hydrogens is 302 g/mol. The first kappa shape index (κ1) is 15.4. The molecule has 5 nitrogen and oxygen atoms in total. The van der Waals surface area contributed by atoms with Crippen molar-refractivity contribution < 1.29 is 4.74 Å². The summed E-state index contributed by atoms with van der Waals surface area (Å²) in [5, 5.41) is 0. The molecule has 0 spiro atoms. The molecule has 2 aliphatic heterocycles. The van der Waals surface area contributed by atoms with E-state index in [2.05, 4.69) is 27.0 Å². The number of methoxy groups -OCH3 is 1. The van der Waals surface area contributed by atoms with Gasteiger partial charge in [0.2, 0.25) is 0 Å². The molecule has 2 aliphatic rings. The number of nitrogens with zero attached hydrogens (tertiary/aromatic N) is 2. The Morgan fingerprint density at radius 1 is 1.21 bits per heavy atom. The zero-order chi connectivity index (χ0) is 16.7. The predicted octanol–water partition coefficient (Wildman–Crippen LogP) is 2.22. The van der Waals surface area contributed by atoms with Crippen LogP contribution in [0.5, 0.6) is 5.75 Å². The summed E-state index contributed by atoms with van der Waals surface area (Å²) < 4.78 is 5.24. The third-order valence-corrected chi connectivity index (χ3v) is 5.38. The van der Waals surface area contributed by atoms with Crippen LogP contribution in [0.1, 0.15) is 35.5 Å². The number of aromatic nitrogens is 2. The molecule has 1 N–H and O–H groups in total. The molecule has 3 heterocycles. The molecule has 1 aromatic carbocycles. The minimum absolute atomic E-state index is 0.0504. The molecule has 0 saturated carbocycles. The van der Waals surface area contributed by atoms with Gasteiger partial charge < -0.3 is 9.72 Å². The van der Waals surface area contributed by atoms with Crippen LogP contribution in [0.25, 0.3) is 0 Å². The first-order chi connectivity index (χ1) is 11.6. The van der Waals surface area contributed by atoms with Crippen molar-refractivity contribution in [2.45, 2.75) is 51.2 Å². The highest BCUT2D eigenvalue weighted by molar-refractivity contribution is 5.28. The van der Waals surface area contributed by atoms with Crippen LogP contribution in [-0.4, -0.2) is 34.1 Å². The number of nitrogens with one attached hydrogen (secondary N) is 1. The topological polar surface area (TPSA) is 58.2 Å². The molecule has 0 unspecified atom stereocenters. The second-order valence-corrected chi connectivity index (χ2v) is 6.89. The number of aromatic amines is 1. The van der Waals surface area contributed by atoms with E-state index in [1.807, 2.05) is 19.1 Å². The van der Waals surface area contributed by atoms with E-state index in [0.29, 0.717) is 12.1 Å². The highest BCUT2D eigenvalue weighted by Crippen LogP contribution is 2.33. The van der Waals surface area contributed by atoms with Crippen LogP contribution in [0.4, 0.5) is 0 Å². The standard InChI is InChI=1S/C19H23N3O2/c1-12-20-18-10-15-6-5-14(9-17(18)19(23)21-12)22(15)11-13-3-7-16(24-2)8-4-13/h3-4,7-8,14-15H,5-6,9-11H2,1-2H3,(H,20,21,23)/t14-,15+/m1/s1. The molecule has 2 atom stereocenters. The van der Waals surface area contributed by atoms with Crippen molar-refractivity contribution in [2.75, 3.05) is 7.11 Å². The van der Waals surface area contributed by atoms with Crippen LogP contribution < -0.4 is 10.3 Å². The molecule has 0 radical (unpaired) electrons. The van der Waals surface area contributed by atoms with Crippen LogP contribution in [0, 0.1) is 6.92 Å². The van der Waals surface area contributed by atoms with Crippen molar-refractivity contribution in [3.8, 4) is 5.75 Å². The zero-order valence-electron chi connectivity index (χ0n) is 14.2. The molecule has 2 bridgehead atoms. The summed E-state index contributed by atoms with van der Waals surface area (Å²) in [5.41, 5.74) is 3.24. The van der Waals surface area contributed by atoms with Crippen LogP contribution in [0.15, 0.2) is 29.1 Å². The van der Waals surface area contributed by atoms with E-state index in [4.69, 9.17) is 4.74 Å². The van der Waals surface area contributed by atoms with E-state index < -0.39 is 0 Å². The summed E-state index contributed by atoms with van der Waals surface area (Å²) in [5.74, 6) is 1.61. The summed E-state index contributed by atoms with van der Waals surface area (Å²) in [4.78, 5) is 22.4. The Bertz CT molecular complexity index is 797. The average Bonchev–Trinajstić information content (AvgIpc) is 2.84. The smallest absolute Gasteiger partial charge is 0.254 e. The molecule has 4 rings (SSSR count). The van der Waals surface area contributed by atoms with E-state index in [1.165, 1.54) is 12.0 Å². The van der Waals surface area contributed by atoms with Crippen LogP contribution in [0.2, 0.25) is 0 Å². The first-order valence-electron chi connectivity index (χ1n) is 8.61. The fourth-order valence-electron chi connectivity index (χ4n) is 4.16. The molecule has 2 aromatic rings. The van der Waals surface area contributed by atoms with Gasteiger partial charge in [-0.1, -0.05) is 12.1 Å². The molecule has 1 fully saturated rings. The Morgan fingerprint density at radius 2 is 1.92 bits per heavy atom. The molecule has 1 aromatic heterocycles. The Morgan fingerprint density at radius 3 is 2.62 bits per heavy atom. The average molecular weight is 325 g/mol. The third kappa shape index (κ3) is 2.73. The Balaban J connectivity index is 1.60. The Labute approximate surface area is 141 Å². The first-order valence-corrected chi connectivity index (χ1v) is 8.61. The molecule has 5 heteroatoms. The molecule has 0 amide bonds. The van der Waals surface area contributed by atoms with Crippen molar-refractivity contribution in [3.05, 3.63) is 57.3 Å². The fraction of sp³-hybridized carbons (Fsp3) is 0.474. The number of H-pyrrole nitrogens is 1. The maximum absolute atomic E-state index is 12.3. The lowest BCUT2D eigenvalue weighted by atomic mass is 9.98. The summed E-state index contributed by atoms with van der Waals surface area (Å²) in [7, 11) is 1.69. The summed E-state index contributed by atoms with van der Waals surface area (Å²) >= 11 is 0. The number of fused-ring (bicyclic) bond motifs is 3. The van der Waals surface area contributed by atoms with Crippen molar-refractivity contribution in [1.29, 1.82) is 0 Å². The largest absolute Gasteiger partial charge is 0.497 e. The van der Waals surface area contributed by atoms with Gasteiger partial charge in [-0.3, -0.25) is 9.69 Å². The zero-order valence-corrected chi connectivity index (χ0v) is 14.2. The highest BCUT2D eigenvalue weighted by Gasteiger charge is 2.38. The summed E-state index contributed by atoms with van der Waals surface area (Å²) in [6.07, 6.45) is 4.04. The summed E-state index contributed by atoms with van der Waals surface area (Å²) in [6.45, 7) is 2.78. The third-order valence-electron chi connectivity index (χ3n) is 5.38. The second-order valence-electron chi connectivity index (χ2n) is 6.89. The Hall–Kier alpha value is -2.14. The quantitative estimate of drug-likeness (QED) is 0.940. The van der Waals surface area contributed by atoms with E-state index in [1.54, 1.807) is 7.11 Å². The monoisotopic (exact) mass is 325 g/mol. The van der Waals surface area contributed by atoms with Gasteiger partial charge in [-0.25, -0.2) is 4.98 Å². The van der Waals surface area contributed by atoms with Gasteiger partial charge in [-0.05, 0) is 43.9 Å². The van der Waals surface area contributed by atoms with Crippen molar-refractivity contribution >= 4 is 0 Å². The van der Waals surface area contributed by atoms with Gasteiger partial charge in [0.25, 0.3) is 5.56 Å². The number of ether oxygens (including phenoxy) is 1. The van der Waals surface area contributed by atoms with Gasteiger partial charge in [0.05, 0.1) is 12.8 Å². The minimum atomic E-state index is 0.0504. The van der Waals surface area contributed by atoms with Crippen LogP contribution in [-0.2, 0) is 19.4 Å². The maximum atomic E-state index is 12.3. The number of benzene rings is 1. The van der Waals surface area contributed by atoms with E-state index in [9.17, 15) is 4.79 Å². The second kappa shape index (κ2) is 6.06. The molecule has 1 saturated heterocycles. The summed E-state index contributed by atoms with van der Waals surface area (Å²) in [6, 6.07) is 9.20. The van der Waals surface area contributed by atoms with Gasteiger partial charge >= 0.3 is 0 Å². The SMILES string of the molecule is COc1ccc(CN2[C@@H]3CC[C@H]2Cc2nc(C)[nH]c(=O)c2C3)cc1. The number of rotatable bonds is 3. The molecule has 0 aliphatic carbocycles. The van der Waals surface area contributed by atoms with Crippen LogP contribution >= 0.6 is 0 Å². The lowest BCUT2D eigenvalue weighted by molar-refractivity contribution is 0.187. The molecule has 24 heavy (non-hydrogen) atoms. The van der Waals surface area contributed by atoms with Gasteiger partial charge in [0.1, 0.15) is 11.6 Å². The predicted molar refractivity (Wildman–Crippen MR) is 92.3 cm³/mol. The number of hydrogen-bond acceptors (Lipinski definition) is 4. The minimum Gasteiger partial charge on any atom is -0.497 e. The normalized spacial score (nSPS) is 22.9. The van der Waals surface area contributed by atoms with E-state index >= 15 is 0 Å². The van der Waals surface area contributed by atoms with Gasteiger partial charge in [-0.15, -0.1) is 0 Å². The number of aryl methyl sites for hydroxylation is 1. The highest BCUT2D eigenvalue weighted by atomic mass is 16.5. The molecule has 126 valence electrons. The van der Waals surface area contributed by atoms with Crippen LogP contribution in [0.3, 0.4) is 0 Å². The van der Waals surface area contributed by atoms with Crippen molar-refractivity contribution in [3.63, 3.8) is 0 Å². The lowest BCUT2D eigenvalue weighted by Gasteiger charge is -2.27. The van der Waals surface area contributed by atoms with Crippen molar-refractivity contribution in [2.24, 2.45) is 0 Å². The Kier molecular flexibility index (Phi) is 3.88. The number of hydrogen-bond donors (Lipinski definition) is 1. The van der Waals surface area contributed by atoms with Gasteiger partial charge in [-0.2, -0.15) is 0 Å². The fourth-order valence-corrected chi connectivity index (χ4v) is 4.16. The van der Waals surface area contributed by atoms with E-state index in [0.717, 1.165) is 48.6 Å².